The molecule has 1 unspecified atom stereocenters. The molecule has 0 radical (unpaired) electrons. The van der Waals surface area contributed by atoms with Crippen molar-refractivity contribution in [2.24, 2.45) is 5.41 Å². The predicted molar refractivity (Wildman–Crippen MR) is 83.1 cm³/mol. The number of aryl methyl sites for hydroxylation is 1. The monoisotopic (exact) mass is 334 g/mol. The van der Waals surface area contributed by atoms with Crippen LogP contribution in [-0.4, -0.2) is 14.7 Å². The lowest BCUT2D eigenvalue weighted by Crippen LogP contribution is -2.26. The van der Waals surface area contributed by atoms with E-state index < -0.39 is 0 Å². The summed E-state index contributed by atoms with van der Waals surface area (Å²) in [5.74, 6) is 0.914. The van der Waals surface area contributed by atoms with Crippen molar-refractivity contribution in [2.75, 3.05) is 0 Å². The van der Waals surface area contributed by atoms with Crippen molar-refractivity contribution in [1.29, 1.82) is 0 Å². The Balaban J connectivity index is 2.10. The smallest absolute Gasteiger partial charge is 0.137 e. The first-order valence-electron chi connectivity index (χ1n) is 6.88. The van der Waals surface area contributed by atoms with Crippen LogP contribution in [0, 0.1) is 12.3 Å². The third kappa shape index (κ3) is 2.31. The summed E-state index contributed by atoms with van der Waals surface area (Å²) in [6.45, 7) is 6.47. The van der Waals surface area contributed by atoms with E-state index in [1.807, 2.05) is 18.5 Å². The van der Waals surface area contributed by atoms with Crippen LogP contribution in [0.2, 0.25) is 0 Å². The summed E-state index contributed by atoms with van der Waals surface area (Å²) >= 11 is 3.48. The molecule has 2 aromatic rings. The molecule has 3 rings (SSSR count). The van der Waals surface area contributed by atoms with E-state index in [2.05, 4.69) is 52.3 Å². The normalized spacial score (nSPS) is 20.8. The Morgan fingerprint density at radius 2 is 2.20 bits per heavy atom. The molecule has 0 aliphatic heterocycles. The predicted octanol–water partition coefficient (Wildman–Crippen LogP) is 3.95. The van der Waals surface area contributed by atoms with Crippen molar-refractivity contribution in [2.45, 2.75) is 39.7 Å². The van der Waals surface area contributed by atoms with Crippen LogP contribution in [0.5, 0.6) is 0 Å². The average molecular weight is 335 g/mol. The van der Waals surface area contributed by atoms with E-state index in [0.29, 0.717) is 0 Å². The van der Waals surface area contributed by atoms with Crippen LogP contribution >= 0.6 is 15.9 Å². The molecule has 4 heteroatoms. The fourth-order valence-corrected chi connectivity index (χ4v) is 3.22. The summed E-state index contributed by atoms with van der Waals surface area (Å²) in [4.78, 5) is 4.50. The van der Waals surface area contributed by atoms with Crippen molar-refractivity contribution in [3.8, 4) is 5.82 Å². The summed E-state index contributed by atoms with van der Waals surface area (Å²) in [7, 11) is 0. The number of hydrogen-bond acceptors (Lipinski definition) is 2. The third-order valence-electron chi connectivity index (χ3n) is 4.06. The SMILES string of the molecule is Cc1cc(-n2ccc3c2CC(C)(C)CC3O)ncc1Br. The van der Waals surface area contributed by atoms with E-state index in [-0.39, 0.29) is 11.5 Å². The number of aromatic nitrogens is 2. The standard InChI is InChI=1S/C16H19BrN2O/c1-10-6-15(18-9-12(10)17)19-5-4-11-13(19)7-16(2,3)8-14(11)20/h4-6,9,14,20H,7-8H2,1-3H3. The van der Waals surface area contributed by atoms with Gasteiger partial charge < -0.3 is 9.67 Å². The van der Waals surface area contributed by atoms with Gasteiger partial charge in [0.2, 0.25) is 0 Å². The summed E-state index contributed by atoms with van der Waals surface area (Å²) in [6.07, 6.45) is 5.26. The van der Waals surface area contributed by atoms with Gasteiger partial charge in [-0.15, -0.1) is 0 Å². The average Bonchev–Trinajstić information content (AvgIpc) is 2.75. The Morgan fingerprint density at radius 3 is 2.90 bits per heavy atom. The van der Waals surface area contributed by atoms with E-state index in [0.717, 1.165) is 34.3 Å². The number of rotatable bonds is 1. The molecule has 0 aromatic carbocycles. The Hall–Kier alpha value is -1.13. The van der Waals surface area contributed by atoms with E-state index in [4.69, 9.17) is 0 Å². The molecule has 0 bridgehead atoms. The maximum absolute atomic E-state index is 10.3. The Bertz CT molecular complexity index is 660. The molecule has 1 aliphatic carbocycles. The Labute approximate surface area is 127 Å². The number of fused-ring (bicyclic) bond motifs is 1. The first kappa shape index (κ1) is 13.8. The van der Waals surface area contributed by atoms with Crippen LogP contribution < -0.4 is 0 Å². The van der Waals surface area contributed by atoms with E-state index >= 15 is 0 Å². The lowest BCUT2D eigenvalue weighted by molar-refractivity contribution is 0.0986. The first-order chi connectivity index (χ1) is 9.37. The van der Waals surface area contributed by atoms with Gasteiger partial charge in [-0.05, 0) is 58.8 Å². The van der Waals surface area contributed by atoms with Crippen molar-refractivity contribution >= 4 is 15.9 Å². The molecule has 2 aromatic heterocycles. The molecule has 20 heavy (non-hydrogen) atoms. The molecule has 0 spiro atoms. The first-order valence-corrected chi connectivity index (χ1v) is 7.67. The van der Waals surface area contributed by atoms with Crippen LogP contribution in [0.1, 0.15) is 43.2 Å². The largest absolute Gasteiger partial charge is 0.388 e. The maximum Gasteiger partial charge on any atom is 0.137 e. The van der Waals surface area contributed by atoms with Gasteiger partial charge in [0.15, 0.2) is 0 Å². The highest BCUT2D eigenvalue weighted by Gasteiger charge is 2.33. The highest BCUT2D eigenvalue weighted by Crippen LogP contribution is 2.41. The van der Waals surface area contributed by atoms with Crippen molar-refractivity contribution < 1.29 is 5.11 Å². The van der Waals surface area contributed by atoms with Gasteiger partial charge in [-0.3, -0.25) is 0 Å². The van der Waals surface area contributed by atoms with Gasteiger partial charge >= 0.3 is 0 Å². The van der Waals surface area contributed by atoms with Crippen LogP contribution in [0.4, 0.5) is 0 Å². The molecule has 1 N–H and O–H groups in total. The molecule has 0 fully saturated rings. The zero-order chi connectivity index (χ0) is 14.5. The number of pyridine rings is 1. The van der Waals surface area contributed by atoms with Gasteiger partial charge in [0, 0.05) is 28.1 Å². The molecule has 1 aliphatic rings. The summed E-state index contributed by atoms with van der Waals surface area (Å²) in [6, 6.07) is 4.09. The van der Waals surface area contributed by atoms with Gasteiger partial charge in [0.25, 0.3) is 0 Å². The van der Waals surface area contributed by atoms with E-state index in [1.165, 1.54) is 5.69 Å². The highest BCUT2D eigenvalue weighted by molar-refractivity contribution is 9.10. The fourth-order valence-electron chi connectivity index (χ4n) is 3.00. The number of hydrogen-bond donors (Lipinski definition) is 1. The lowest BCUT2D eigenvalue weighted by Gasteiger charge is -2.33. The molecular formula is C16H19BrN2O. The number of aliphatic hydroxyl groups is 1. The van der Waals surface area contributed by atoms with Crippen LogP contribution in [0.3, 0.4) is 0 Å². The summed E-state index contributed by atoms with van der Waals surface area (Å²) in [5, 5.41) is 10.3. The second-order valence-corrected chi connectivity index (χ2v) is 7.29. The van der Waals surface area contributed by atoms with Crippen molar-refractivity contribution in [3.63, 3.8) is 0 Å². The molecule has 0 amide bonds. The molecule has 0 saturated heterocycles. The fraction of sp³-hybridized carbons (Fsp3) is 0.438. The molecule has 1 atom stereocenters. The maximum atomic E-state index is 10.3. The summed E-state index contributed by atoms with van der Waals surface area (Å²) in [5.41, 5.74) is 3.51. The number of nitrogens with zero attached hydrogens (tertiary/aromatic N) is 2. The molecule has 106 valence electrons. The van der Waals surface area contributed by atoms with Gasteiger partial charge in [-0.25, -0.2) is 4.98 Å². The van der Waals surface area contributed by atoms with Crippen LogP contribution in [0.25, 0.3) is 5.82 Å². The topological polar surface area (TPSA) is 38.0 Å². The van der Waals surface area contributed by atoms with Crippen LogP contribution in [-0.2, 0) is 6.42 Å². The van der Waals surface area contributed by atoms with Crippen molar-refractivity contribution in [3.05, 3.63) is 45.8 Å². The molecule has 3 nitrogen and oxygen atoms in total. The quantitative estimate of drug-likeness (QED) is 0.857. The minimum absolute atomic E-state index is 0.118. The minimum Gasteiger partial charge on any atom is -0.388 e. The zero-order valence-corrected chi connectivity index (χ0v) is 13.6. The zero-order valence-electron chi connectivity index (χ0n) is 12.0. The van der Waals surface area contributed by atoms with Crippen molar-refractivity contribution in [1.82, 2.24) is 9.55 Å². The molecular weight excluding hydrogens is 316 g/mol. The highest BCUT2D eigenvalue weighted by atomic mass is 79.9. The number of aliphatic hydroxyl groups excluding tert-OH is 1. The van der Waals surface area contributed by atoms with Gasteiger partial charge in [0.05, 0.1) is 6.10 Å². The lowest BCUT2D eigenvalue weighted by atomic mass is 9.75. The van der Waals surface area contributed by atoms with E-state index in [1.54, 1.807) is 0 Å². The minimum atomic E-state index is -0.369. The second-order valence-electron chi connectivity index (χ2n) is 6.44. The molecule has 0 saturated carbocycles. The Kier molecular flexibility index (Phi) is 3.26. The molecule has 2 heterocycles. The van der Waals surface area contributed by atoms with Gasteiger partial charge in [0.1, 0.15) is 5.82 Å². The third-order valence-corrected chi connectivity index (χ3v) is 4.89. The summed E-state index contributed by atoms with van der Waals surface area (Å²) < 4.78 is 3.13. The second kappa shape index (κ2) is 4.71. The van der Waals surface area contributed by atoms with Gasteiger partial charge in [-0.1, -0.05) is 13.8 Å². The van der Waals surface area contributed by atoms with Gasteiger partial charge in [-0.2, -0.15) is 0 Å². The van der Waals surface area contributed by atoms with E-state index in [9.17, 15) is 5.11 Å². The Morgan fingerprint density at radius 1 is 1.45 bits per heavy atom. The van der Waals surface area contributed by atoms with Crippen LogP contribution in [0.15, 0.2) is 29.0 Å². The number of halogens is 1.